The summed E-state index contributed by atoms with van der Waals surface area (Å²) in [6, 6.07) is -0.249. The summed E-state index contributed by atoms with van der Waals surface area (Å²) in [5.41, 5.74) is 0. The molecule has 1 N–H and O–H groups in total. The summed E-state index contributed by atoms with van der Waals surface area (Å²) in [5, 5.41) is 2.76. The molecule has 2 atom stereocenters. The molecule has 0 heterocycles. The lowest BCUT2D eigenvalue weighted by Gasteiger charge is -2.05. The lowest BCUT2D eigenvalue weighted by molar-refractivity contribution is -0.109. The monoisotopic (exact) mass is 163 g/mol. The van der Waals surface area contributed by atoms with Crippen molar-refractivity contribution < 1.29 is 9.00 Å². The molecule has 0 aromatic carbocycles. The standard InChI is InChI=1S/C6H13NO2S/c1-3-10(9)5-6(4-8)7-2/h4,6-7H,3,5H2,1-2H3. The molecule has 0 fully saturated rings. The molecule has 0 saturated heterocycles. The number of nitrogens with one attached hydrogen (secondary N) is 1. The van der Waals surface area contributed by atoms with Crippen molar-refractivity contribution in [3.05, 3.63) is 0 Å². The second-order valence-corrected chi connectivity index (χ2v) is 3.72. The number of likely N-dealkylation sites (N-methyl/N-ethyl adjacent to an activating group) is 1. The van der Waals surface area contributed by atoms with Crippen LogP contribution in [0.4, 0.5) is 0 Å². The molecule has 0 aliphatic rings. The fraction of sp³-hybridized carbons (Fsp3) is 0.833. The van der Waals surface area contributed by atoms with Gasteiger partial charge in [-0.15, -0.1) is 0 Å². The predicted octanol–water partition coefficient (Wildman–Crippen LogP) is -0.458. The van der Waals surface area contributed by atoms with Crippen LogP contribution in [0, 0.1) is 0 Å². The number of carbonyl (C=O) groups is 1. The minimum absolute atomic E-state index is 0.249. The summed E-state index contributed by atoms with van der Waals surface area (Å²) in [7, 11) is 0.836. The SMILES string of the molecule is CCS(=O)CC(C=O)NC. The minimum Gasteiger partial charge on any atom is -0.310 e. The van der Waals surface area contributed by atoms with Gasteiger partial charge in [0.15, 0.2) is 0 Å². The van der Waals surface area contributed by atoms with Crippen LogP contribution >= 0.6 is 0 Å². The number of rotatable bonds is 5. The van der Waals surface area contributed by atoms with Crippen LogP contribution in [0.3, 0.4) is 0 Å². The zero-order valence-corrected chi connectivity index (χ0v) is 7.11. The van der Waals surface area contributed by atoms with E-state index in [4.69, 9.17) is 0 Å². The zero-order chi connectivity index (χ0) is 7.98. The molecule has 0 bridgehead atoms. The summed E-state index contributed by atoms with van der Waals surface area (Å²) in [6.07, 6.45) is 0.785. The summed E-state index contributed by atoms with van der Waals surface area (Å²) in [5.74, 6) is 1.04. The van der Waals surface area contributed by atoms with Gasteiger partial charge in [-0.1, -0.05) is 6.92 Å². The molecule has 0 aromatic rings. The Hall–Kier alpha value is -0.220. The van der Waals surface area contributed by atoms with Gasteiger partial charge < -0.3 is 10.1 Å². The van der Waals surface area contributed by atoms with E-state index in [9.17, 15) is 9.00 Å². The Balaban J connectivity index is 3.62. The van der Waals surface area contributed by atoms with Crippen molar-refractivity contribution in [2.45, 2.75) is 13.0 Å². The number of hydrogen-bond acceptors (Lipinski definition) is 3. The molecular formula is C6H13NO2S. The van der Waals surface area contributed by atoms with Gasteiger partial charge in [-0.3, -0.25) is 4.21 Å². The molecule has 0 rings (SSSR count). The smallest absolute Gasteiger partial charge is 0.137 e. The molecule has 0 radical (unpaired) electrons. The molecule has 0 aliphatic heterocycles. The molecule has 60 valence electrons. The largest absolute Gasteiger partial charge is 0.310 e. The van der Waals surface area contributed by atoms with Gasteiger partial charge in [-0.05, 0) is 7.05 Å². The van der Waals surface area contributed by atoms with Crippen molar-refractivity contribution in [3.63, 3.8) is 0 Å². The molecule has 0 aliphatic carbocycles. The third kappa shape index (κ3) is 3.74. The van der Waals surface area contributed by atoms with E-state index in [-0.39, 0.29) is 6.04 Å². The van der Waals surface area contributed by atoms with Gasteiger partial charge >= 0.3 is 0 Å². The van der Waals surface area contributed by atoms with Crippen molar-refractivity contribution in [1.82, 2.24) is 5.32 Å². The normalized spacial score (nSPS) is 16.2. The van der Waals surface area contributed by atoms with Gasteiger partial charge in [0, 0.05) is 22.3 Å². The van der Waals surface area contributed by atoms with Crippen molar-refractivity contribution >= 4 is 17.1 Å². The highest BCUT2D eigenvalue weighted by Crippen LogP contribution is 1.85. The third-order valence-electron chi connectivity index (χ3n) is 1.22. The molecule has 2 unspecified atom stereocenters. The quantitative estimate of drug-likeness (QED) is 0.558. The summed E-state index contributed by atoms with van der Waals surface area (Å²) in [6.45, 7) is 1.84. The van der Waals surface area contributed by atoms with Crippen molar-refractivity contribution in [1.29, 1.82) is 0 Å². The van der Waals surface area contributed by atoms with E-state index in [1.54, 1.807) is 7.05 Å². The van der Waals surface area contributed by atoms with Crippen molar-refractivity contribution in [2.24, 2.45) is 0 Å². The molecule has 4 heteroatoms. The van der Waals surface area contributed by atoms with Crippen LogP contribution in [0.1, 0.15) is 6.92 Å². The van der Waals surface area contributed by atoms with Crippen molar-refractivity contribution in [2.75, 3.05) is 18.6 Å². The van der Waals surface area contributed by atoms with E-state index >= 15 is 0 Å². The highest BCUT2D eigenvalue weighted by Gasteiger charge is 2.06. The Kier molecular flexibility index (Phi) is 5.43. The van der Waals surface area contributed by atoms with Gasteiger partial charge in [-0.2, -0.15) is 0 Å². The summed E-state index contributed by atoms with van der Waals surface area (Å²) >= 11 is 0. The van der Waals surface area contributed by atoms with Crippen LogP contribution < -0.4 is 5.32 Å². The fourth-order valence-corrected chi connectivity index (χ4v) is 1.39. The van der Waals surface area contributed by atoms with E-state index in [1.807, 2.05) is 6.92 Å². The Morgan fingerprint density at radius 1 is 1.70 bits per heavy atom. The molecule has 3 nitrogen and oxygen atoms in total. The van der Waals surface area contributed by atoms with Crippen LogP contribution in [0.15, 0.2) is 0 Å². The van der Waals surface area contributed by atoms with Crippen molar-refractivity contribution in [3.8, 4) is 0 Å². The first-order chi connectivity index (χ1) is 4.74. The first-order valence-electron chi connectivity index (χ1n) is 3.22. The van der Waals surface area contributed by atoms with Crippen LogP contribution in [0.5, 0.6) is 0 Å². The van der Waals surface area contributed by atoms with Gasteiger partial charge in [0.2, 0.25) is 0 Å². The second-order valence-electron chi connectivity index (χ2n) is 1.93. The molecule has 0 aromatic heterocycles. The Labute approximate surface area is 63.6 Å². The first-order valence-corrected chi connectivity index (χ1v) is 4.71. The highest BCUT2D eigenvalue weighted by molar-refractivity contribution is 7.85. The predicted molar refractivity (Wildman–Crippen MR) is 42.5 cm³/mol. The maximum atomic E-state index is 10.9. The zero-order valence-electron chi connectivity index (χ0n) is 6.29. The van der Waals surface area contributed by atoms with Gasteiger partial charge in [0.25, 0.3) is 0 Å². The molecule has 0 amide bonds. The average molecular weight is 163 g/mol. The van der Waals surface area contributed by atoms with Crippen LogP contribution in [-0.2, 0) is 15.6 Å². The lowest BCUT2D eigenvalue weighted by atomic mass is 10.4. The summed E-state index contributed by atoms with van der Waals surface area (Å²) < 4.78 is 10.9. The number of hydrogen-bond donors (Lipinski definition) is 1. The Morgan fingerprint density at radius 3 is 2.60 bits per heavy atom. The van der Waals surface area contributed by atoms with Gasteiger partial charge in [0.05, 0.1) is 6.04 Å². The lowest BCUT2D eigenvalue weighted by Crippen LogP contribution is -2.32. The second kappa shape index (κ2) is 5.56. The molecule has 10 heavy (non-hydrogen) atoms. The maximum absolute atomic E-state index is 10.9. The Bertz CT molecular complexity index is 127. The molecule has 0 spiro atoms. The van der Waals surface area contributed by atoms with Gasteiger partial charge in [-0.25, -0.2) is 0 Å². The van der Waals surface area contributed by atoms with E-state index in [0.29, 0.717) is 11.5 Å². The van der Waals surface area contributed by atoms with E-state index in [0.717, 1.165) is 6.29 Å². The Morgan fingerprint density at radius 2 is 2.30 bits per heavy atom. The topological polar surface area (TPSA) is 46.2 Å². The van der Waals surface area contributed by atoms with E-state index < -0.39 is 10.8 Å². The highest BCUT2D eigenvalue weighted by atomic mass is 32.2. The number of carbonyl (C=O) groups excluding carboxylic acids is 1. The van der Waals surface area contributed by atoms with E-state index in [2.05, 4.69) is 5.32 Å². The fourth-order valence-electron chi connectivity index (χ4n) is 0.509. The first kappa shape index (κ1) is 9.78. The average Bonchev–Trinajstić information content (AvgIpc) is 1.99. The number of aldehydes is 1. The molecule has 0 saturated carbocycles. The van der Waals surface area contributed by atoms with Crippen LogP contribution in [0.25, 0.3) is 0 Å². The van der Waals surface area contributed by atoms with Crippen LogP contribution in [-0.4, -0.2) is 35.1 Å². The summed E-state index contributed by atoms with van der Waals surface area (Å²) in [4.78, 5) is 10.2. The third-order valence-corrected chi connectivity index (χ3v) is 2.60. The molecular weight excluding hydrogens is 150 g/mol. The van der Waals surface area contributed by atoms with Crippen LogP contribution in [0.2, 0.25) is 0 Å². The van der Waals surface area contributed by atoms with Gasteiger partial charge in [0.1, 0.15) is 6.29 Å². The minimum atomic E-state index is -0.851. The maximum Gasteiger partial charge on any atom is 0.137 e. The van der Waals surface area contributed by atoms with E-state index in [1.165, 1.54) is 0 Å².